The van der Waals surface area contributed by atoms with E-state index in [-0.39, 0.29) is 0 Å². The van der Waals surface area contributed by atoms with Crippen LogP contribution < -0.4 is 5.32 Å². The van der Waals surface area contributed by atoms with Crippen molar-refractivity contribution in [2.75, 3.05) is 5.32 Å². The first-order chi connectivity index (χ1) is 8.56. The van der Waals surface area contributed by atoms with E-state index in [9.17, 15) is 5.11 Å². The predicted octanol–water partition coefficient (Wildman–Crippen LogP) is 4.84. The van der Waals surface area contributed by atoms with Crippen LogP contribution in [0.3, 0.4) is 0 Å². The highest BCUT2D eigenvalue weighted by Crippen LogP contribution is 2.26. The zero-order valence-electron chi connectivity index (χ0n) is 9.87. The Labute approximate surface area is 123 Å². The lowest BCUT2D eigenvalue weighted by Gasteiger charge is -2.10. The molecule has 0 saturated heterocycles. The van der Waals surface area contributed by atoms with Crippen molar-refractivity contribution >= 4 is 37.5 Å². The van der Waals surface area contributed by atoms with Gasteiger partial charge < -0.3 is 10.4 Å². The van der Waals surface area contributed by atoms with Gasteiger partial charge in [0.15, 0.2) is 0 Å². The second-order valence-corrected chi connectivity index (χ2v) is 5.88. The number of benzene rings is 2. The van der Waals surface area contributed by atoms with Crippen LogP contribution in [0.5, 0.6) is 5.75 Å². The van der Waals surface area contributed by atoms with Crippen LogP contribution in [0.25, 0.3) is 0 Å². The summed E-state index contributed by atoms with van der Waals surface area (Å²) in [5.41, 5.74) is 3.08. The van der Waals surface area contributed by atoms with E-state index in [1.165, 1.54) is 5.56 Å². The second-order valence-electron chi connectivity index (χ2n) is 4.11. The Morgan fingerprint density at radius 3 is 2.61 bits per heavy atom. The van der Waals surface area contributed by atoms with Gasteiger partial charge in [0.25, 0.3) is 0 Å². The fourth-order valence-corrected chi connectivity index (χ4v) is 2.69. The molecule has 0 aliphatic carbocycles. The Morgan fingerprint density at radius 2 is 1.89 bits per heavy atom. The number of nitrogens with one attached hydrogen (secondary N) is 1. The molecule has 0 atom stereocenters. The van der Waals surface area contributed by atoms with Gasteiger partial charge in [-0.25, -0.2) is 0 Å². The summed E-state index contributed by atoms with van der Waals surface area (Å²) in [6.45, 7) is 2.63. The van der Waals surface area contributed by atoms with Crippen LogP contribution in [-0.2, 0) is 6.54 Å². The molecule has 2 N–H and O–H groups in total. The molecule has 0 saturated carbocycles. The van der Waals surface area contributed by atoms with E-state index < -0.39 is 0 Å². The van der Waals surface area contributed by atoms with E-state index in [0.29, 0.717) is 12.3 Å². The van der Waals surface area contributed by atoms with E-state index in [0.717, 1.165) is 20.2 Å². The third-order valence-corrected chi connectivity index (χ3v) is 3.78. The van der Waals surface area contributed by atoms with Gasteiger partial charge in [-0.1, -0.05) is 22.0 Å². The topological polar surface area (TPSA) is 32.3 Å². The number of phenolic OH excluding ortho intramolecular Hbond substituents is 1. The lowest BCUT2D eigenvalue weighted by molar-refractivity contribution is 0.469. The van der Waals surface area contributed by atoms with Crippen molar-refractivity contribution in [2.24, 2.45) is 0 Å². The van der Waals surface area contributed by atoms with Gasteiger partial charge in [0.2, 0.25) is 0 Å². The number of hydrogen-bond acceptors (Lipinski definition) is 2. The Kier molecular flexibility index (Phi) is 4.30. The standard InChI is InChI=1S/C14H13Br2NO/c1-9-2-4-13(12(16)6-9)17-8-10-7-11(15)3-5-14(10)18/h2-7,17-18H,8H2,1H3. The van der Waals surface area contributed by atoms with Crippen molar-refractivity contribution in [2.45, 2.75) is 13.5 Å². The largest absolute Gasteiger partial charge is 0.508 e. The quantitative estimate of drug-likeness (QED) is 0.810. The van der Waals surface area contributed by atoms with E-state index >= 15 is 0 Å². The average molecular weight is 371 g/mol. The maximum absolute atomic E-state index is 9.75. The molecule has 0 amide bonds. The number of phenols is 1. The van der Waals surface area contributed by atoms with Crippen LogP contribution in [0, 0.1) is 6.92 Å². The maximum Gasteiger partial charge on any atom is 0.120 e. The third-order valence-electron chi connectivity index (χ3n) is 2.64. The first kappa shape index (κ1) is 13.4. The van der Waals surface area contributed by atoms with Gasteiger partial charge in [-0.3, -0.25) is 0 Å². The molecule has 18 heavy (non-hydrogen) atoms. The summed E-state index contributed by atoms with van der Waals surface area (Å²) >= 11 is 6.92. The van der Waals surface area contributed by atoms with Crippen LogP contribution in [0.1, 0.15) is 11.1 Å². The Bertz CT molecular complexity index is 570. The van der Waals surface area contributed by atoms with Crippen LogP contribution in [0.2, 0.25) is 0 Å². The van der Waals surface area contributed by atoms with Gasteiger partial charge in [-0.2, -0.15) is 0 Å². The molecule has 0 aliphatic heterocycles. The number of hydrogen-bond donors (Lipinski definition) is 2. The van der Waals surface area contributed by atoms with Crippen molar-refractivity contribution in [1.29, 1.82) is 0 Å². The van der Waals surface area contributed by atoms with E-state index in [4.69, 9.17) is 0 Å². The van der Waals surface area contributed by atoms with Gasteiger partial charge in [0, 0.05) is 26.7 Å². The van der Waals surface area contributed by atoms with Crippen LogP contribution in [0.4, 0.5) is 5.69 Å². The summed E-state index contributed by atoms with van der Waals surface area (Å²) in [7, 11) is 0. The zero-order valence-corrected chi connectivity index (χ0v) is 13.0. The lowest BCUT2D eigenvalue weighted by Crippen LogP contribution is -2.00. The highest BCUT2D eigenvalue weighted by Gasteiger charge is 2.04. The number of aromatic hydroxyl groups is 1. The molecule has 2 aromatic rings. The second kappa shape index (κ2) is 5.76. The molecule has 94 valence electrons. The highest BCUT2D eigenvalue weighted by atomic mass is 79.9. The summed E-state index contributed by atoms with van der Waals surface area (Å²) < 4.78 is 1.98. The SMILES string of the molecule is Cc1ccc(NCc2cc(Br)ccc2O)c(Br)c1. The third kappa shape index (κ3) is 3.27. The van der Waals surface area contributed by atoms with E-state index in [1.807, 2.05) is 24.3 Å². The van der Waals surface area contributed by atoms with Crippen molar-refractivity contribution < 1.29 is 5.11 Å². The summed E-state index contributed by atoms with van der Waals surface area (Å²) in [4.78, 5) is 0. The first-order valence-electron chi connectivity index (χ1n) is 5.53. The molecule has 2 aromatic carbocycles. The predicted molar refractivity (Wildman–Crippen MR) is 82.0 cm³/mol. The molecule has 0 heterocycles. The smallest absolute Gasteiger partial charge is 0.120 e. The van der Waals surface area contributed by atoms with Gasteiger partial charge in [-0.05, 0) is 58.7 Å². The maximum atomic E-state index is 9.75. The minimum absolute atomic E-state index is 0.300. The number of rotatable bonds is 3. The molecule has 0 bridgehead atoms. The van der Waals surface area contributed by atoms with Crippen LogP contribution in [-0.4, -0.2) is 5.11 Å². The molecule has 2 rings (SSSR count). The highest BCUT2D eigenvalue weighted by molar-refractivity contribution is 9.10. The average Bonchev–Trinajstić information content (AvgIpc) is 2.32. The molecular formula is C14H13Br2NO. The molecular weight excluding hydrogens is 358 g/mol. The molecule has 0 aromatic heterocycles. The summed E-state index contributed by atoms with van der Waals surface area (Å²) in [6.07, 6.45) is 0. The Hall–Kier alpha value is -1.00. The summed E-state index contributed by atoms with van der Waals surface area (Å²) in [6, 6.07) is 11.5. The molecule has 4 heteroatoms. The molecule has 0 spiro atoms. The summed E-state index contributed by atoms with van der Waals surface area (Å²) in [5.74, 6) is 0.300. The molecule has 0 radical (unpaired) electrons. The lowest BCUT2D eigenvalue weighted by atomic mass is 10.2. The van der Waals surface area contributed by atoms with Gasteiger partial charge in [0.05, 0.1) is 0 Å². The van der Waals surface area contributed by atoms with Crippen molar-refractivity contribution in [3.63, 3.8) is 0 Å². The number of halogens is 2. The Morgan fingerprint density at radius 1 is 1.11 bits per heavy atom. The fourth-order valence-electron chi connectivity index (χ4n) is 1.65. The molecule has 0 unspecified atom stereocenters. The first-order valence-corrected chi connectivity index (χ1v) is 7.12. The van der Waals surface area contributed by atoms with Crippen molar-refractivity contribution in [1.82, 2.24) is 0 Å². The van der Waals surface area contributed by atoms with E-state index in [1.54, 1.807) is 6.07 Å². The minimum Gasteiger partial charge on any atom is -0.508 e. The van der Waals surface area contributed by atoms with Crippen molar-refractivity contribution in [3.05, 3.63) is 56.5 Å². The number of anilines is 1. The van der Waals surface area contributed by atoms with Gasteiger partial charge in [-0.15, -0.1) is 0 Å². The van der Waals surface area contributed by atoms with Crippen molar-refractivity contribution in [3.8, 4) is 5.75 Å². The molecule has 2 nitrogen and oxygen atoms in total. The summed E-state index contributed by atoms with van der Waals surface area (Å²) in [5, 5.41) is 13.1. The fraction of sp³-hybridized carbons (Fsp3) is 0.143. The monoisotopic (exact) mass is 369 g/mol. The molecule has 0 fully saturated rings. The molecule has 0 aliphatic rings. The number of aryl methyl sites for hydroxylation is 1. The minimum atomic E-state index is 0.300. The van der Waals surface area contributed by atoms with Crippen LogP contribution >= 0.6 is 31.9 Å². The normalized spacial score (nSPS) is 10.4. The Balaban J connectivity index is 2.13. The van der Waals surface area contributed by atoms with E-state index in [2.05, 4.69) is 50.2 Å². The van der Waals surface area contributed by atoms with Gasteiger partial charge >= 0.3 is 0 Å². The zero-order chi connectivity index (χ0) is 13.1. The van der Waals surface area contributed by atoms with Gasteiger partial charge in [0.1, 0.15) is 5.75 Å². The van der Waals surface area contributed by atoms with Crippen LogP contribution in [0.15, 0.2) is 45.3 Å².